The fourth-order valence-electron chi connectivity index (χ4n) is 3.73. The van der Waals surface area contributed by atoms with E-state index in [9.17, 15) is 14.4 Å². The van der Waals surface area contributed by atoms with Crippen molar-refractivity contribution in [1.29, 1.82) is 0 Å². The second-order valence-corrected chi connectivity index (χ2v) is 9.63. The maximum atomic E-state index is 12.2. The minimum Gasteiger partial charge on any atom is -0.457 e. The lowest BCUT2D eigenvalue weighted by Crippen LogP contribution is -2.21. The van der Waals surface area contributed by atoms with Crippen molar-refractivity contribution in [2.75, 3.05) is 17.2 Å². The van der Waals surface area contributed by atoms with Crippen LogP contribution in [-0.4, -0.2) is 24.4 Å². The molecule has 3 aromatic rings. The van der Waals surface area contributed by atoms with Crippen molar-refractivity contribution < 1.29 is 23.9 Å². The highest BCUT2D eigenvalue weighted by molar-refractivity contribution is 9.10. The minimum atomic E-state index is -0.526. The Hall–Kier alpha value is -3.65. The zero-order valence-corrected chi connectivity index (χ0v) is 22.8. The average Bonchev–Trinajstić information content (AvgIpc) is 2.84. The van der Waals surface area contributed by atoms with E-state index in [1.54, 1.807) is 30.3 Å². The molecule has 3 aromatic carbocycles. The Labute approximate surface area is 225 Å². The normalized spacial score (nSPS) is 10.5. The maximum absolute atomic E-state index is 12.2. The Morgan fingerprint density at radius 1 is 0.811 bits per heavy atom. The van der Waals surface area contributed by atoms with Crippen molar-refractivity contribution in [3.63, 3.8) is 0 Å². The van der Waals surface area contributed by atoms with Gasteiger partial charge in [0.05, 0.1) is 0 Å². The van der Waals surface area contributed by atoms with Gasteiger partial charge in [-0.15, -0.1) is 0 Å². The van der Waals surface area contributed by atoms with Crippen LogP contribution in [0.4, 0.5) is 11.4 Å². The molecule has 0 saturated carbocycles. The van der Waals surface area contributed by atoms with Gasteiger partial charge >= 0.3 is 5.97 Å². The summed E-state index contributed by atoms with van der Waals surface area (Å²) in [7, 11) is 0. The van der Waals surface area contributed by atoms with Gasteiger partial charge in [-0.2, -0.15) is 0 Å². The smallest absolute Gasteiger partial charge is 0.306 e. The van der Waals surface area contributed by atoms with Gasteiger partial charge in [-0.25, -0.2) is 0 Å². The molecule has 0 atom stereocenters. The lowest BCUT2D eigenvalue weighted by atomic mass is 10.1. The number of hydrogen-bond donors (Lipinski definition) is 2. The second-order valence-electron chi connectivity index (χ2n) is 8.72. The molecular weight excluding hydrogens is 536 g/mol. The summed E-state index contributed by atoms with van der Waals surface area (Å²) in [5, 5.41) is 5.56. The van der Waals surface area contributed by atoms with Crippen LogP contribution in [0.25, 0.3) is 0 Å². The van der Waals surface area contributed by atoms with E-state index in [1.165, 1.54) is 0 Å². The number of ether oxygens (including phenoxy) is 2. The highest BCUT2D eigenvalue weighted by atomic mass is 79.9. The predicted octanol–water partition coefficient (Wildman–Crippen LogP) is 6.71. The molecule has 0 heterocycles. The van der Waals surface area contributed by atoms with Gasteiger partial charge in [0.15, 0.2) is 6.61 Å². The summed E-state index contributed by atoms with van der Waals surface area (Å²) in [6.45, 7) is 5.65. The van der Waals surface area contributed by atoms with Crippen molar-refractivity contribution >= 4 is 45.1 Å². The highest BCUT2D eigenvalue weighted by Gasteiger charge is 2.11. The number of amides is 2. The number of benzene rings is 3. The zero-order valence-electron chi connectivity index (χ0n) is 21.2. The van der Waals surface area contributed by atoms with E-state index >= 15 is 0 Å². The third-order valence-corrected chi connectivity index (χ3v) is 5.93. The molecule has 0 bridgehead atoms. The molecule has 7 nitrogen and oxygen atoms in total. The van der Waals surface area contributed by atoms with Gasteiger partial charge in [0, 0.05) is 28.7 Å². The van der Waals surface area contributed by atoms with Gasteiger partial charge in [-0.3, -0.25) is 14.4 Å². The van der Waals surface area contributed by atoms with Gasteiger partial charge in [0.1, 0.15) is 11.5 Å². The standard InChI is InChI=1S/C29H31BrN2O5/c1-4-21-17-22(30)8-13-26(21)32-28(34)18-36-29(35)7-5-6-27(33)31-23-9-11-24(12-10-23)37-25-15-19(2)14-20(3)16-25/h8-17H,4-7,18H2,1-3H3,(H,31,33)(H,32,34). The fraction of sp³-hybridized carbons (Fsp3) is 0.276. The van der Waals surface area contributed by atoms with E-state index in [2.05, 4.69) is 32.6 Å². The zero-order chi connectivity index (χ0) is 26.8. The van der Waals surface area contributed by atoms with Crippen LogP contribution in [-0.2, 0) is 25.5 Å². The summed E-state index contributed by atoms with van der Waals surface area (Å²) in [6, 6.07) is 18.7. The van der Waals surface area contributed by atoms with Gasteiger partial charge < -0.3 is 20.1 Å². The number of anilines is 2. The quantitative estimate of drug-likeness (QED) is 0.251. The van der Waals surface area contributed by atoms with E-state index in [0.717, 1.165) is 33.3 Å². The first-order valence-corrected chi connectivity index (χ1v) is 12.9. The van der Waals surface area contributed by atoms with Crippen LogP contribution in [0.5, 0.6) is 11.5 Å². The highest BCUT2D eigenvalue weighted by Crippen LogP contribution is 2.25. The number of esters is 1. The Morgan fingerprint density at radius 3 is 2.19 bits per heavy atom. The van der Waals surface area contributed by atoms with Crippen LogP contribution >= 0.6 is 15.9 Å². The number of nitrogens with one attached hydrogen (secondary N) is 2. The molecule has 194 valence electrons. The first-order chi connectivity index (χ1) is 17.7. The van der Waals surface area contributed by atoms with Crippen LogP contribution < -0.4 is 15.4 Å². The molecule has 0 aliphatic carbocycles. The lowest BCUT2D eigenvalue weighted by molar-refractivity contribution is -0.147. The first-order valence-electron chi connectivity index (χ1n) is 12.1. The van der Waals surface area contributed by atoms with Crippen molar-refractivity contribution in [2.45, 2.75) is 46.5 Å². The molecule has 0 fully saturated rings. The summed E-state index contributed by atoms with van der Waals surface area (Å²) in [5.41, 5.74) is 4.54. The van der Waals surface area contributed by atoms with Crippen LogP contribution in [0.3, 0.4) is 0 Å². The molecule has 0 radical (unpaired) electrons. The Kier molecular flexibility index (Phi) is 10.3. The molecule has 0 aromatic heterocycles. The maximum Gasteiger partial charge on any atom is 0.306 e. The first kappa shape index (κ1) is 27.9. The molecule has 37 heavy (non-hydrogen) atoms. The Balaban J connectivity index is 1.35. The molecule has 0 aliphatic rings. The lowest BCUT2D eigenvalue weighted by Gasteiger charge is -2.11. The Morgan fingerprint density at radius 2 is 1.51 bits per heavy atom. The fourth-order valence-corrected chi connectivity index (χ4v) is 4.14. The van der Waals surface area contributed by atoms with Gasteiger partial charge in [-0.1, -0.05) is 28.9 Å². The van der Waals surface area contributed by atoms with E-state index < -0.39 is 11.9 Å². The monoisotopic (exact) mass is 566 g/mol. The van der Waals surface area contributed by atoms with Crippen molar-refractivity contribution in [3.05, 3.63) is 81.8 Å². The van der Waals surface area contributed by atoms with Crippen LogP contribution in [0.15, 0.2) is 65.1 Å². The average molecular weight is 567 g/mol. The van der Waals surface area contributed by atoms with E-state index in [1.807, 2.05) is 45.0 Å². The number of rotatable bonds is 11. The minimum absolute atomic E-state index is 0.0435. The summed E-state index contributed by atoms with van der Waals surface area (Å²) in [4.78, 5) is 36.4. The number of halogens is 1. The third kappa shape index (κ3) is 9.38. The summed E-state index contributed by atoms with van der Waals surface area (Å²) in [5.74, 6) is 0.282. The Bertz CT molecular complexity index is 1240. The van der Waals surface area contributed by atoms with Crippen LogP contribution in [0.1, 0.15) is 42.9 Å². The third-order valence-electron chi connectivity index (χ3n) is 5.44. The number of carbonyl (C=O) groups is 3. The molecule has 0 aliphatic heterocycles. The van der Waals surface area contributed by atoms with Crippen molar-refractivity contribution in [1.82, 2.24) is 0 Å². The number of hydrogen-bond acceptors (Lipinski definition) is 5. The molecule has 0 saturated heterocycles. The summed E-state index contributed by atoms with van der Waals surface area (Å²) < 4.78 is 11.9. The van der Waals surface area contributed by atoms with Crippen molar-refractivity contribution in [3.8, 4) is 11.5 Å². The predicted molar refractivity (Wildman–Crippen MR) is 148 cm³/mol. The second kappa shape index (κ2) is 13.6. The molecule has 8 heteroatoms. The summed E-state index contributed by atoms with van der Waals surface area (Å²) in [6.07, 6.45) is 1.26. The van der Waals surface area contributed by atoms with Gasteiger partial charge in [0.25, 0.3) is 5.91 Å². The van der Waals surface area contributed by atoms with E-state index in [4.69, 9.17) is 9.47 Å². The summed E-state index contributed by atoms with van der Waals surface area (Å²) >= 11 is 3.41. The SMILES string of the molecule is CCc1cc(Br)ccc1NC(=O)COC(=O)CCCC(=O)Nc1ccc(Oc2cc(C)cc(C)c2)cc1. The van der Waals surface area contributed by atoms with Gasteiger partial charge in [-0.05, 0) is 98.0 Å². The number of aryl methyl sites for hydroxylation is 3. The molecular formula is C29H31BrN2O5. The molecule has 2 N–H and O–H groups in total. The van der Waals surface area contributed by atoms with E-state index in [0.29, 0.717) is 23.5 Å². The topological polar surface area (TPSA) is 93.7 Å². The molecule has 0 unspecified atom stereocenters. The van der Waals surface area contributed by atoms with Gasteiger partial charge in [0.2, 0.25) is 5.91 Å². The molecule has 2 amide bonds. The van der Waals surface area contributed by atoms with Crippen molar-refractivity contribution in [2.24, 2.45) is 0 Å². The largest absolute Gasteiger partial charge is 0.457 e. The van der Waals surface area contributed by atoms with Crippen LogP contribution in [0.2, 0.25) is 0 Å². The molecule has 0 spiro atoms. The van der Waals surface area contributed by atoms with Crippen LogP contribution in [0, 0.1) is 13.8 Å². The van der Waals surface area contributed by atoms with E-state index in [-0.39, 0.29) is 25.4 Å². The number of carbonyl (C=O) groups excluding carboxylic acids is 3. The molecule has 3 rings (SSSR count).